The number of likely N-dealkylation sites (N-methyl/N-ethyl adjacent to an activating group) is 1. The molecule has 19 heavy (non-hydrogen) atoms. The van der Waals surface area contributed by atoms with E-state index in [1.54, 1.807) is 0 Å². The third-order valence-electron chi connectivity index (χ3n) is 3.33. The summed E-state index contributed by atoms with van der Waals surface area (Å²) in [5.74, 6) is 0. The number of rotatable bonds is 8. The lowest BCUT2D eigenvalue weighted by Gasteiger charge is -2.19. The van der Waals surface area contributed by atoms with Gasteiger partial charge in [0.15, 0.2) is 5.03 Å². The fourth-order valence-corrected chi connectivity index (χ4v) is 3.27. The Morgan fingerprint density at radius 1 is 1.58 bits per heavy atom. The number of aromatic nitrogens is 2. The van der Waals surface area contributed by atoms with E-state index in [0.29, 0.717) is 18.2 Å². The van der Waals surface area contributed by atoms with E-state index in [-0.39, 0.29) is 11.6 Å². The molecule has 108 valence electrons. The van der Waals surface area contributed by atoms with Crippen LogP contribution in [-0.2, 0) is 16.6 Å². The maximum Gasteiger partial charge on any atom is 0.257 e. The van der Waals surface area contributed by atoms with Crippen molar-refractivity contribution in [1.82, 2.24) is 19.8 Å². The average Bonchev–Trinajstić information content (AvgIpc) is 3.10. The van der Waals surface area contributed by atoms with E-state index in [0.717, 1.165) is 13.1 Å². The molecule has 1 fully saturated rings. The normalized spacial score (nSPS) is 16.2. The summed E-state index contributed by atoms with van der Waals surface area (Å²) in [7, 11) is -3.54. The second kappa shape index (κ2) is 6.00. The minimum Gasteiger partial charge on any atom is -0.326 e. The van der Waals surface area contributed by atoms with E-state index in [1.807, 2.05) is 0 Å². The summed E-state index contributed by atoms with van der Waals surface area (Å²) in [5.41, 5.74) is 5.98. The molecule has 1 aromatic heterocycles. The summed E-state index contributed by atoms with van der Waals surface area (Å²) in [6.07, 6.45) is 3.88. The Hall–Kier alpha value is -0.960. The zero-order chi connectivity index (χ0) is 13.9. The third-order valence-corrected chi connectivity index (χ3v) is 4.80. The molecule has 0 spiro atoms. The zero-order valence-electron chi connectivity index (χ0n) is 11.1. The molecule has 0 aliphatic heterocycles. The van der Waals surface area contributed by atoms with E-state index in [9.17, 15) is 8.42 Å². The fourth-order valence-electron chi connectivity index (χ4n) is 2.11. The summed E-state index contributed by atoms with van der Waals surface area (Å²) >= 11 is 0. The maximum atomic E-state index is 12.1. The van der Waals surface area contributed by atoms with Crippen molar-refractivity contribution in [2.24, 2.45) is 5.73 Å². The van der Waals surface area contributed by atoms with Gasteiger partial charge in [0, 0.05) is 31.2 Å². The second-order valence-corrected chi connectivity index (χ2v) is 6.39. The molecule has 1 aliphatic carbocycles. The molecule has 2 rings (SSSR count). The van der Waals surface area contributed by atoms with Crippen LogP contribution in [0.25, 0.3) is 0 Å². The number of hydrogen-bond acceptors (Lipinski definition) is 5. The topological polar surface area (TPSA) is 104 Å². The highest BCUT2D eigenvalue weighted by Crippen LogP contribution is 2.25. The van der Waals surface area contributed by atoms with Gasteiger partial charge in [-0.25, -0.2) is 13.1 Å². The van der Waals surface area contributed by atoms with Crippen molar-refractivity contribution in [2.75, 3.05) is 19.6 Å². The summed E-state index contributed by atoms with van der Waals surface area (Å²) in [5, 5.41) is 6.29. The first-order valence-electron chi connectivity index (χ1n) is 6.54. The SMILES string of the molecule is CCN(CCNS(=O)(=O)c1[nH]ncc1CN)C1CC1. The number of nitrogens with two attached hydrogens (primary N) is 1. The lowest BCUT2D eigenvalue weighted by molar-refractivity contribution is 0.282. The number of sulfonamides is 1. The highest BCUT2D eigenvalue weighted by atomic mass is 32.2. The summed E-state index contributed by atoms with van der Waals surface area (Å²) in [6, 6.07) is 0.640. The lowest BCUT2D eigenvalue weighted by Crippen LogP contribution is -2.36. The van der Waals surface area contributed by atoms with Crippen LogP contribution in [0.2, 0.25) is 0 Å². The first-order chi connectivity index (χ1) is 9.08. The van der Waals surface area contributed by atoms with Crippen LogP contribution in [-0.4, -0.2) is 49.2 Å². The lowest BCUT2D eigenvalue weighted by atomic mass is 10.4. The number of nitrogens with one attached hydrogen (secondary N) is 2. The van der Waals surface area contributed by atoms with Gasteiger partial charge in [0.05, 0.1) is 6.20 Å². The predicted molar refractivity (Wildman–Crippen MR) is 71.9 cm³/mol. The van der Waals surface area contributed by atoms with Gasteiger partial charge in [-0.1, -0.05) is 6.92 Å². The van der Waals surface area contributed by atoms with Gasteiger partial charge < -0.3 is 5.73 Å². The van der Waals surface area contributed by atoms with E-state index in [2.05, 4.69) is 26.7 Å². The largest absolute Gasteiger partial charge is 0.326 e. The van der Waals surface area contributed by atoms with E-state index in [1.165, 1.54) is 19.0 Å². The predicted octanol–water partition coefficient (Wildman–Crippen LogP) is -0.369. The highest BCUT2D eigenvalue weighted by molar-refractivity contribution is 7.89. The van der Waals surface area contributed by atoms with Crippen LogP contribution in [0, 0.1) is 0 Å². The van der Waals surface area contributed by atoms with Gasteiger partial charge in [-0.05, 0) is 19.4 Å². The Bertz CT molecular complexity index is 509. The Kier molecular flexibility index (Phi) is 4.56. The quantitative estimate of drug-likeness (QED) is 0.605. The molecule has 8 heteroatoms. The molecule has 4 N–H and O–H groups in total. The van der Waals surface area contributed by atoms with Gasteiger partial charge in [-0.2, -0.15) is 5.10 Å². The first-order valence-corrected chi connectivity index (χ1v) is 8.02. The van der Waals surface area contributed by atoms with Crippen LogP contribution in [0.1, 0.15) is 25.3 Å². The van der Waals surface area contributed by atoms with Crippen LogP contribution >= 0.6 is 0 Å². The van der Waals surface area contributed by atoms with Crippen LogP contribution in [0.5, 0.6) is 0 Å². The number of aromatic amines is 1. The first kappa shape index (κ1) is 14.4. The monoisotopic (exact) mass is 287 g/mol. The summed E-state index contributed by atoms with van der Waals surface area (Å²) in [4.78, 5) is 2.29. The van der Waals surface area contributed by atoms with Gasteiger partial charge in [0.2, 0.25) is 0 Å². The highest BCUT2D eigenvalue weighted by Gasteiger charge is 2.28. The van der Waals surface area contributed by atoms with Gasteiger partial charge in [-0.15, -0.1) is 0 Å². The Labute approximate surface area is 113 Å². The smallest absolute Gasteiger partial charge is 0.257 e. The van der Waals surface area contributed by atoms with Crippen molar-refractivity contribution in [3.05, 3.63) is 11.8 Å². The van der Waals surface area contributed by atoms with E-state index in [4.69, 9.17) is 5.73 Å². The number of H-pyrrole nitrogens is 1. The van der Waals surface area contributed by atoms with Crippen LogP contribution in [0.15, 0.2) is 11.2 Å². The molecule has 1 heterocycles. The standard InChI is InChI=1S/C11H21N5O2S/c1-2-16(10-3-4-10)6-5-14-19(17,18)11-9(7-12)8-13-15-11/h8,10,14H,2-7,12H2,1H3,(H,13,15). The van der Waals surface area contributed by atoms with Crippen molar-refractivity contribution in [3.63, 3.8) is 0 Å². The van der Waals surface area contributed by atoms with E-state index >= 15 is 0 Å². The molecule has 0 atom stereocenters. The molecule has 0 unspecified atom stereocenters. The molecule has 1 aliphatic rings. The summed E-state index contributed by atoms with van der Waals surface area (Å²) in [6.45, 7) is 4.32. The van der Waals surface area contributed by atoms with Crippen LogP contribution in [0.4, 0.5) is 0 Å². The Morgan fingerprint density at radius 3 is 2.89 bits per heavy atom. The molecule has 0 aromatic carbocycles. The van der Waals surface area contributed by atoms with Crippen molar-refractivity contribution in [1.29, 1.82) is 0 Å². The third kappa shape index (κ3) is 3.53. The number of hydrogen-bond donors (Lipinski definition) is 3. The maximum absolute atomic E-state index is 12.1. The van der Waals surface area contributed by atoms with Gasteiger partial charge in [0.1, 0.15) is 0 Å². The average molecular weight is 287 g/mol. The van der Waals surface area contributed by atoms with Crippen molar-refractivity contribution >= 4 is 10.0 Å². The molecular formula is C11H21N5O2S. The van der Waals surface area contributed by atoms with Crippen LogP contribution in [0.3, 0.4) is 0 Å². The number of nitrogens with zero attached hydrogens (tertiary/aromatic N) is 2. The fraction of sp³-hybridized carbons (Fsp3) is 0.727. The zero-order valence-corrected chi connectivity index (χ0v) is 11.9. The molecular weight excluding hydrogens is 266 g/mol. The van der Waals surface area contributed by atoms with Gasteiger partial charge in [0.25, 0.3) is 10.0 Å². The molecule has 0 radical (unpaired) electrons. The Morgan fingerprint density at radius 2 is 2.32 bits per heavy atom. The van der Waals surface area contributed by atoms with E-state index < -0.39 is 10.0 Å². The molecule has 1 aromatic rings. The minimum atomic E-state index is -3.54. The molecule has 0 saturated heterocycles. The molecule has 1 saturated carbocycles. The molecule has 0 amide bonds. The Balaban J connectivity index is 1.90. The van der Waals surface area contributed by atoms with Crippen LogP contribution < -0.4 is 10.5 Å². The van der Waals surface area contributed by atoms with Gasteiger partial charge in [-0.3, -0.25) is 10.00 Å². The second-order valence-electron chi connectivity index (χ2n) is 4.69. The van der Waals surface area contributed by atoms with Crippen molar-refractivity contribution < 1.29 is 8.42 Å². The van der Waals surface area contributed by atoms with Crippen molar-refractivity contribution in [3.8, 4) is 0 Å². The van der Waals surface area contributed by atoms with Crippen molar-refractivity contribution in [2.45, 2.75) is 37.4 Å². The summed E-state index contributed by atoms with van der Waals surface area (Å²) < 4.78 is 26.7. The minimum absolute atomic E-state index is 0.0736. The molecule has 0 bridgehead atoms. The van der Waals surface area contributed by atoms with Gasteiger partial charge >= 0.3 is 0 Å². The molecule has 7 nitrogen and oxygen atoms in total.